The van der Waals surface area contributed by atoms with Crippen LogP contribution in [0.5, 0.6) is 11.5 Å². The van der Waals surface area contributed by atoms with Crippen LogP contribution in [0.2, 0.25) is 0 Å². The summed E-state index contributed by atoms with van der Waals surface area (Å²) >= 11 is 0. The van der Waals surface area contributed by atoms with E-state index in [4.69, 9.17) is 20.3 Å². The number of carbonyl (C=O) groups is 1. The Morgan fingerprint density at radius 1 is 1.00 bits per heavy atom. The summed E-state index contributed by atoms with van der Waals surface area (Å²) in [6.45, 7) is 2.28. The molecule has 0 bridgehead atoms. The van der Waals surface area contributed by atoms with Gasteiger partial charge in [-0.2, -0.15) is 5.90 Å². The van der Waals surface area contributed by atoms with Gasteiger partial charge in [-0.25, -0.2) is 4.79 Å². The van der Waals surface area contributed by atoms with E-state index in [9.17, 15) is 4.79 Å². The minimum atomic E-state index is -0.254. The average Bonchev–Trinajstić information content (AvgIpc) is 2.73. The van der Waals surface area contributed by atoms with Crippen LogP contribution in [-0.2, 0) is 16.3 Å². The third-order valence-electron chi connectivity index (χ3n) is 4.53. The fraction of sp³-hybridized carbons (Fsp3) is 0.350. The summed E-state index contributed by atoms with van der Waals surface area (Å²) in [5.41, 5.74) is 0.989. The van der Waals surface area contributed by atoms with Gasteiger partial charge in [0.25, 0.3) is 0 Å². The molecule has 0 radical (unpaired) electrons. The predicted octanol–water partition coefficient (Wildman–Crippen LogP) is 3.30. The van der Waals surface area contributed by atoms with Gasteiger partial charge in [0.1, 0.15) is 12.4 Å². The Balaban J connectivity index is 1.36. The van der Waals surface area contributed by atoms with Gasteiger partial charge in [-0.1, -0.05) is 35.3 Å². The van der Waals surface area contributed by atoms with Crippen molar-refractivity contribution in [1.82, 2.24) is 4.90 Å². The second-order valence-corrected chi connectivity index (χ2v) is 6.43. The largest absolute Gasteiger partial charge is 0.493 e. The van der Waals surface area contributed by atoms with Crippen LogP contribution in [0.1, 0.15) is 18.4 Å². The molecule has 0 aliphatic carbocycles. The maximum absolute atomic E-state index is 12.2. The molecule has 1 amide bonds. The number of likely N-dealkylation sites (tertiary alicyclic amines) is 1. The Morgan fingerprint density at radius 2 is 1.67 bits per heavy atom. The molecular weight excluding hydrogens is 348 g/mol. The number of amides is 1. The van der Waals surface area contributed by atoms with Crippen molar-refractivity contribution >= 4 is 6.09 Å². The second-order valence-electron chi connectivity index (χ2n) is 6.43. The van der Waals surface area contributed by atoms with E-state index in [0.717, 1.165) is 24.2 Å². The zero-order valence-corrected chi connectivity index (χ0v) is 15.1. The molecule has 2 aromatic rings. The molecule has 1 aliphatic rings. The first-order valence-electron chi connectivity index (χ1n) is 8.96. The normalized spacial score (nSPS) is 14.6. The number of carbonyl (C=O) groups excluding carboxylic acids is 1. The van der Waals surface area contributed by atoms with Crippen LogP contribution in [0.25, 0.3) is 0 Å². The smallest absolute Gasteiger partial charge is 0.410 e. The lowest BCUT2D eigenvalue weighted by Gasteiger charge is -2.31. The maximum Gasteiger partial charge on any atom is 0.410 e. The van der Waals surface area contributed by atoms with Crippen molar-refractivity contribution in [1.29, 1.82) is 0 Å². The van der Waals surface area contributed by atoms with E-state index in [-0.39, 0.29) is 6.09 Å². The zero-order chi connectivity index (χ0) is 18.9. The molecule has 2 aromatic carbocycles. The highest BCUT2D eigenvalue weighted by Gasteiger charge is 2.24. The SMILES string of the molecule is NOOc1ccc(OCC2CCN(C(=O)OCc3ccccc3)CC2)cc1. The molecule has 3 rings (SSSR count). The van der Waals surface area contributed by atoms with Gasteiger partial charge >= 0.3 is 6.09 Å². The van der Waals surface area contributed by atoms with Crippen molar-refractivity contribution in [3.8, 4) is 11.5 Å². The van der Waals surface area contributed by atoms with Crippen molar-refractivity contribution in [3.05, 3.63) is 60.2 Å². The molecule has 144 valence electrons. The van der Waals surface area contributed by atoms with Gasteiger partial charge in [0.05, 0.1) is 6.61 Å². The molecule has 1 fully saturated rings. The lowest BCUT2D eigenvalue weighted by molar-refractivity contribution is -0.211. The molecule has 0 spiro atoms. The zero-order valence-electron chi connectivity index (χ0n) is 15.1. The van der Waals surface area contributed by atoms with E-state index in [0.29, 0.717) is 38.0 Å². The standard InChI is InChI=1S/C20H24N2O5/c21-27-26-19-8-6-18(7-9-19)24-14-17-10-12-22(13-11-17)20(23)25-15-16-4-2-1-3-5-16/h1-9,17H,10-15,21H2. The van der Waals surface area contributed by atoms with E-state index >= 15 is 0 Å². The Kier molecular flexibility index (Phi) is 6.90. The molecule has 0 saturated carbocycles. The molecule has 0 unspecified atom stereocenters. The van der Waals surface area contributed by atoms with Crippen LogP contribution >= 0.6 is 0 Å². The number of nitrogens with zero attached hydrogens (tertiary/aromatic N) is 1. The van der Waals surface area contributed by atoms with E-state index in [1.807, 2.05) is 30.3 Å². The first-order chi connectivity index (χ1) is 13.2. The summed E-state index contributed by atoms with van der Waals surface area (Å²) in [7, 11) is 0. The average molecular weight is 372 g/mol. The van der Waals surface area contributed by atoms with Crippen LogP contribution in [0.3, 0.4) is 0 Å². The lowest BCUT2D eigenvalue weighted by atomic mass is 9.98. The molecular formula is C20H24N2O5. The first kappa shape index (κ1) is 19.0. The number of nitrogens with two attached hydrogens (primary N) is 1. The Labute approximate surface area is 158 Å². The number of hydrogen-bond acceptors (Lipinski definition) is 6. The Bertz CT molecular complexity index is 700. The highest BCUT2D eigenvalue weighted by molar-refractivity contribution is 5.67. The lowest BCUT2D eigenvalue weighted by Crippen LogP contribution is -2.39. The van der Waals surface area contributed by atoms with Crippen molar-refractivity contribution in [2.24, 2.45) is 11.8 Å². The summed E-state index contributed by atoms with van der Waals surface area (Å²) in [5, 5.41) is 0. The molecule has 2 N–H and O–H groups in total. The van der Waals surface area contributed by atoms with Crippen LogP contribution in [0.4, 0.5) is 4.79 Å². The summed E-state index contributed by atoms with van der Waals surface area (Å²) in [4.78, 5) is 22.8. The van der Waals surface area contributed by atoms with Gasteiger partial charge in [-0.15, -0.1) is 0 Å². The third kappa shape index (κ3) is 5.87. The predicted molar refractivity (Wildman–Crippen MR) is 98.8 cm³/mol. The van der Waals surface area contributed by atoms with Gasteiger partial charge in [0, 0.05) is 13.1 Å². The number of hydrogen-bond donors (Lipinski definition) is 1. The summed E-state index contributed by atoms with van der Waals surface area (Å²) in [5.74, 6) is 6.51. The number of piperidine rings is 1. The van der Waals surface area contributed by atoms with Crippen molar-refractivity contribution < 1.29 is 24.1 Å². The molecule has 1 heterocycles. The first-order valence-corrected chi connectivity index (χ1v) is 8.96. The van der Waals surface area contributed by atoms with E-state index in [2.05, 4.69) is 4.99 Å². The fourth-order valence-corrected chi connectivity index (χ4v) is 2.95. The molecule has 7 nitrogen and oxygen atoms in total. The van der Waals surface area contributed by atoms with Crippen LogP contribution in [0, 0.1) is 5.92 Å². The maximum atomic E-state index is 12.2. The van der Waals surface area contributed by atoms with Gasteiger partial charge < -0.3 is 19.3 Å². The van der Waals surface area contributed by atoms with E-state index in [1.54, 1.807) is 29.2 Å². The summed E-state index contributed by atoms with van der Waals surface area (Å²) < 4.78 is 11.2. The van der Waals surface area contributed by atoms with Gasteiger partial charge in [0.15, 0.2) is 5.75 Å². The molecule has 7 heteroatoms. The van der Waals surface area contributed by atoms with Crippen molar-refractivity contribution in [3.63, 3.8) is 0 Å². The molecule has 1 aliphatic heterocycles. The monoisotopic (exact) mass is 372 g/mol. The molecule has 27 heavy (non-hydrogen) atoms. The van der Waals surface area contributed by atoms with Crippen LogP contribution in [0.15, 0.2) is 54.6 Å². The minimum absolute atomic E-state index is 0.254. The quantitative estimate of drug-likeness (QED) is 0.593. The third-order valence-corrected chi connectivity index (χ3v) is 4.53. The van der Waals surface area contributed by atoms with E-state index in [1.165, 1.54) is 0 Å². The molecule has 1 saturated heterocycles. The summed E-state index contributed by atoms with van der Waals surface area (Å²) in [6, 6.07) is 16.7. The summed E-state index contributed by atoms with van der Waals surface area (Å²) in [6.07, 6.45) is 1.53. The van der Waals surface area contributed by atoms with Gasteiger partial charge in [-0.3, -0.25) is 0 Å². The van der Waals surface area contributed by atoms with Crippen LogP contribution in [-0.4, -0.2) is 30.7 Å². The second kappa shape index (κ2) is 9.80. The fourth-order valence-electron chi connectivity index (χ4n) is 2.95. The molecule has 0 atom stereocenters. The number of ether oxygens (including phenoxy) is 2. The number of benzene rings is 2. The van der Waals surface area contributed by atoms with Crippen molar-refractivity contribution in [2.75, 3.05) is 19.7 Å². The highest BCUT2D eigenvalue weighted by atomic mass is 17.3. The highest BCUT2D eigenvalue weighted by Crippen LogP contribution is 2.22. The topological polar surface area (TPSA) is 83.3 Å². The van der Waals surface area contributed by atoms with Crippen LogP contribution < -0.4 is 15.5 Å². The Hall–Kier alpha value is -2.77. The van der Waals surface area contributed by atoms with E-state index < -0.39 is 0 Å². The Morgan fingerprint density at radius 3 is 2.33 bits per heavy atom. The van der Waals surface area contributed by atoms with Crippen molar-refractivity contribution in [2.45, 2.75) is 19.4 Å². The minimum Gasteiger partial charge on any atom is -0.493 e. The number of rotatable bonds is 7. The van der Waals surface area contributed by atoms with Gasteiger partial charge in [0.2, 0.25) is 0 Å². The molecule has 0 aromatic heterocycles. The van der Waals surface area contributed by atoms with Gasteiger partial charge in [-0.05, 0) is 48.6 Å².